The van der Waals surface area contributed by atoms with E-state index in [2.05, 4.69) is 26.0 Å². The van der Waals surface area contributed by atoms with Crippen LogP contribution < -0.4 is 4.90 Å². The van der Waals surface area contributed by atoms with E-state index in [9.17, 15) is 10.1 Å². The number of aryl methyl sites for hydroxylation is 2. The smallest absolute Gasteiger partial charge is 0.228 e. The number of fused-ring (bicyclic) bond motifs is 1. The number of hydrogen-bond acceptors (Lipinski definition) is 7. The van der Waals surface area contributed by atoms with Crippen LogP contribution in [-0.2, 0) is 18.3 Å². The molecular formula is C29H27N9O. The van der Waals surface area contributed by atoms with Crippen molar-refractivity contribution in [3.05, 3.63) is 84.3 Å². The number of piperazine rings is 1. The summed E-state index contributed by atoms with van der Waals surface area (Å²) in [6, 6.07) is 14.1. The van der Waals surface area contributed by atoms with E-state index in [4.69, 9.17) is 4.98 Å². The van der Waals surface area contributed by atoms with Crippen molar-refractivity contribution in [2.24, 2.45) is 7.05 Å². The summed E-state index contributed by atoms with van der Waals surface area (Å²) in [4.78, 5) is 30.5. The van der Waals surface area contributed by atoms with Gasteiger partial charge in [-0.3, -0.25) is 18.9 Å². The largest absolute Gasteiger partial charge is 0.353 e. The third-order valence-corrected chi connectivity index (χ3v) is 7.06. The van der Waals surface area contributed by atoms with E-state index < -0.39 is 0 Å². The molecule has 0 radical (unpaired) electrons. The summed E-state index contributed by atoms with van der Waals surface area (Å²) in [5.74, 6) is 0.956. The molecule has 39 heavy (non-hydrogen) atoms. The maximum atomic E-state index is 12.8. The Morgan fingerprint density at radius 1 is 0.923 bits per heavy atom. The van der Waals surface area contributed by atoms with Crippen LogP contribution in [0.5, 0.6) is 0 Å². The maximum Gasteiger partial charge on any atom is 0.228 e. The fourth-order valence-corrected chi connectivity index (χ4v) is 4.92. The minimum Gasteiger partial charge on any atom is -0.353 e. The molecule has 0 spiro atoms. The average molecular weight is 518 g/mol. The zero-order chi connectivity index (χ0) is 26.9. The van der Waals surface area contributed by atoms with Crippen molar-refractivity contribution >= 4 is 17.4 Å². The van der Waals surface area contributed by atoms with Gasteiger partial charge >= 0.3 is 0 Å². The van der Waals surface area contributed by atoms with Crippen LogP contribution in [0.15, 0.2) is 67.4 Å². The summed E-state index contributed by atoms with van der Waals surface area (Å²) in [5.41, 5.74) is 6.67. The predicted octanol–water partition coefficient (Wildman–Crippen LogP) is 3.26. The van der Waals surface area contributed by atoms with Crippen LogP contribution in [-0.4, -0.2) is 66.1 Å². The monoisotopic (exact) mass is 517 g/mol. The van der Waals surface area contributed by atoms with Crippen molar-refractivity contribution in [1.29, 1.82) is 5.26 Å². The summed E-state index contributed by atoms with van der Waals surface area (Å²) in [7, 11) is 1.88. The summed E-state index contributed by atoms with van der Waals surface area (Å²) >= 11 is 0. The van der Waals surface area contributed by atoms with Crippen molar-refractivity contribution < 1.29 is 4.79 Å². The number of aromatic nitrogens is 6. The Labute approximate surface area is 225 Å². The number of hydrogen-bond donors (Lipinski definition) is 0. The lowest BCUT2D eigenvalue weighted by Gasteiger charge is -2.35. The predicted molar refractivity (Wildman–Crippen MR) is 147 cm³/mol. The van der Waals surface area contributed by atoms with Crippen LogP contribution in [0.2, 0.25) is 0 Å². The third kappa shape index (κ3) is 4.82. The Bertz CT molecular complexity index is 1690. The van der Waals surface area contributed by atoms with Gasteiger partial charge in [0.1, 0.15) is 23.2 Å². The molecule has 10 nitrogen and oxygen atoms in total. The zero-order valence-corrected chi connectivity index (χ0v) is 21.8. The highest BCUT2D eigenvalue weighted by Gasteiger charge is 2.22. The zero-order valence-electron chi connectivity index (χ0n) is 21.8. The molecule has 1 saturated heterocycles. The molecule has 6 heterocycles. The second kappa shape index (κ2) is 10.0. The van der Waals surface area contributed by atoms with Crippen molar-refractivity contribution in [3.63, 3.8) is 0 Å². The Morgan fingerprint density at radius 3 is 2.44 bits per heavy atom. The van der Waals surface area contributed by atoms with Gasteiger partial charge in [0.25, 0.3) is 0 Å². The van der Waals surface area contributed by atoms with Gasteiger partial charge in [-0.05, 0) is 48.4 Å². The van der Waals surface area contributed by atoms with Crippen LogP contribution >= 0.6 is 0 Å². The van der Waals surface area contributed by atoms with E-state index in [1.165, 1.54) is 0 Å². The molecule has 10 heteroatoms. The van der Waals surface area contributed by atoms with E-state index >= 15 is 0 Å². The number of rotatable bonds is 5. The Morgan fingerprint density at radius 2 is 1.77 bits per heavy atom. The van der Waals surface area contributed by atoms with Crippen LogP contribution in [0.4, 0.5) is 5.82 Å². The third-order valence-electron chi connectivity index (χ3n) is 7.06. The molecular weight excluding hydrogens is 490 g/mol. The van der Waals surface area contributed by atoms with E-state index in [1.807, 2.05) is 78.3 Å². The normalized spacial score (nSPS) is 13.6. The molecule has 5 aromatic rings. The molecule has 1 aliphatic heterocycles. The molecule has 0 saturated carbocycles. The van der Waals surface area contributed by atoms with Crippen LogP contribution in [0.3, 0.4) is 0 Å². The van der Waals surface area contributed by atoms with Gasteiger partial charge in [0.05, 0.1) is 24.5 Å². The van der Waals surface area contributed by atoms with Crippen LogP contribution in [0.1, 0.15) is 17.0 Å². The lowest BCUT2D eigenvalue weighted by molar-refractivity contribution is -0.130. The van der Waals surface area contributed by atoms with Gasteiger partial charge < -0.3 is 9.80 Å². The lowest BCUT2D eigenvalue weighted by Crippen LogP contribution is -2.49. The van der Waals surface area contributed by atoms with E-state index in [1.54, 1.807) is 17.1 Å². The molecule has 6 rings (SSSR count). The van der Waals surface area contributed by atoms with Crippen molar-refractivity contribution in [2.45, 2.75) is 13.3 Å². The van der Waals surface area contributed by atoms with Gasteiger partial charge in [-0.1, -0.05) is 6.07 Å². The molecule has 0 unspecified atom stereocenters. The second-order valence-electron chi connectivity index (χ2n) is 9.76. The molecule has 0 aliphatic carbocycles. The van der Waals surface area contributed by atoms with Crippen molar-refractivity contribution in [3.8, 4) is 28.5 Å². The first-order valence-electron chi connectivity index (χ1n) is 12.8. The molecule has 5 aromatic heterocycles. The van der Waals surface area contributed by atoms with E-state index in [-0.39, 0.29) is 5.91 Å². The van der Waals surface area contributed by atoms with E-state index in [0.717, 1.165) is 39.5 Å². The van der Waals surface area contributed by atoms with Gasteiger partial charge in [-0.2, -0.15) is 10.4 Å². The SMILES string of the molecule is Cc1ccc(CC(=O)N2CCN(c3ccc(-c4cc(-c5cnn(C)c5)cc5ncc(C#N)n45)cn3)CC2)nc1. The molecule has 0 bridgehead atoms. The minimum absolute atomic E-state index is 0.0976. The van der Waals surface area contributed by atoms with Gasteiger partial charge in [-0.15, -0.1) is 0 Å². The first kappa shape index (κ1) is 24.3. The molecule has 0 atom stereocenters. The van der Waals surface area contributed by atoms with E-state index in [0.29, 0.717) is 43.9 Å². The van der Waals surface area contributed by atoms with Gasteiger partial charge in [0.2, 0.25) is 5.91 Å². The highest BCUT2D eigenvalue weighted by atomic mass is 16.2. The highest BCUT2D eigenvalue weighted by Crippen LogP contribution is 2.30. The molecule has 0 aromatic carbocycles. The topological polar surface area (TPSA) is 108 Å². The minimum atomic E-state index is 0.0976. The fraction of sp³-hybridized carbons (Fsp3) is 0.241. The number of imidazole rings is 1. The van der Waals surface area contributed by atoms with Crippen LogP contribution in [0, 0.1) is 18.3 Å². The lowest BCUT2D eigenvalue weighted by atomic mass is 10.1. The van der Waals surface area contributed by atoms with Crippen LogP contribution in [0.25, 0.3) is 28.0 Å². The number of nitrogens with zero attached hydrogens (tertiary/aromatic N) is 9. The summed E-state index contributed by atoms with van der Waals surface area (Å²) < 4.78 is 3.61. The molecule has 194 valence electrons. The Balaban J connectivity index is 1.20. The first-order chi connectivity index (χ1) is 19.0. The summed E-state index contributed by atoms with van der Waals surface area (Å²) in [6.07, 6.45) is 9.30. The van der Waals surface area contributed by atoms with Gasteiger partial charge in [0.15, 0.2) is 0 Å². The summed E-state index contributed by atoms with van der Waals surface area (Å²) in [6.45, 7) is 4.69. The number of nitriles is 1. The highest BCUT2D eigenvalue weighted by molar-refractivity contribution is 5.79. The van der Waals surface area contributed by atoms with Gasteiger partial charge in [0, 0.05) is 68.6 Å². The molecule has 1 aliphatic rings. The molecule has 1 amide bonds. The first-order valence-corrected chi connectivity index (χ1v) is 12.8. The van der Waals surface area contributed by atoms with Crippen molar-refractivity contribution in [1.82, 2.24) is 34.0 Å². The molecule has 1 fully saturated rings. The Kier molecular flexibility index (Phi) is 6.25. The second-order valence-corrected chi connectivity index (χ2v) is 9.76. The number of carbonyl (C=O) groups excluding carboxylic acids is 1. The summed E-state index contributed by atoms with van der Waals surface area (Å²) in [5, 5.41) is 14.0. The Hall–Kier alpha value is -5.04. The van der Waals surface area contributed by atoms with Gasteiger partial charge in [-0.25, -0.2) is 9.97 Å². The fourth-order valence-electron chi connectivity index (χ4n) is 4.92. The number of carbonyl (C=O) groups is 1. The number of anilines is 1. The molecule has 0 N–H and O–H groups in total. The average Bonchev–Trinajstić information content (AvgIpc) is 3.60. The van der Waals surface area contributed by atoms with Crippen molar-refractivity contribution in [2.75, 3.05) is 31.1 Å². The number of pyridine rings is 3. The quantitative estimate of drug-likeness (QED) is 0.352. The standard InChI is InChI=1S/C29H27N9O/c1-20-3-5-24(31-15-20)13-29(39)37-9-7-36(8-10-37)27-6-4-21(16-32-27)26-11-22(23-17-34-35(2)19-23)12-28-33-18-25(14-30)38(26)28/h3-6,11-12,15-19H,7-10,13H2,1-2H3. The number of amides is 1. The maximum absolute atomic E-state index is 12.8.